The van der Waals surface area contributed by atoms with E-state index in [4.69, 9.17) is 16.3 Å². The number of nitrogens with zero attached hydrogens (tertiary/aromatic N) is 4. The number of aromatic nitrogens is 2. The number of rotatable bonds is 6. The standard InChI is InChI=1S/C19H20ClFN4O3/c20-13-10-22-23(11-13)7-8-25-16-5-6-24(17(16)9-18(25)26)19(27)12-28-15-3-1-14(21)2-4-15/h1-4,10-11,16-17H,5-9,12H2/t16-,17-/m0/s1. The number of likely N-dealkylation sites (tertiary alicyclic amines) is 2. The minimum absolute atomic E-state index is 0.0216. The zero-order valence-electron chi connectivity index (χ0n) is 15.1. The molecule has 4 rings (SSSR count). The van der Waals surface area contributed by atoms with Crippen LogP contribution < -0.4 is 4.74 Å². The molecule has 0 N–H and O–H groups in total. The van der Waals surface area contributed by atoms with Gasteiger partial charge in [0.1, 0.15) is 11.6 Å². The summed E-state index contributed by atoms with van der Waals surface area (Å²) in [6.07, 6.45) is 4.36. The molecule has 2 atom stereocenters. The van der Waals surface area contributed by atoms with Crippen LogP contribution in [-0.2, 0) is 16.1 Å². The van der Waals surface area contributed by atoms with Crippen molar-refractivity contribution in [3.63, 3.8) is 0 Å². The van der Waals surface area contributed by atoms with Crippen molar-refractivity contribution in [1.29, 1.82) is 0 Å². The predicted octanol–water partition coefficient (Wildman–Crippen LogP) is 1.96. The van der Waals surface area contributed by atoms with Gasteiger partial charge in [-0.25, -0.2) is 4.39 Å². The number of carbonyl (C=O) groups excluding carboxylic acids is 2. The van der Waals surface area contributed by atoms with Crippen molar-refractivity contribution < 1.29 is 18.7 Å². The summed E-state index contributed by atoms with van der Waals surface area (Å²) in [4.78, 5) is 28.6. The van der Waals surface area contributed by atoms with Crippen molar-refractivity contribution in [3.05, 3.63) is 47.5 Å². The van der Waals surface area contributed by atoms with Gasteiger partial charge < -0.3 is 14.5 Å². The highest BCUT2D eigenvalue weighted by molar-refractivity contribution is 6.30. The molecule has 0 spiro atoms. The van der Waals surface area contributed by atoms with E-state index in [1.807, 2.05) is 4.90 Å². The van der Waals surface area contributed by atoms with Gasteiger partial charge in [-0.15, -0.1) is 0 Å². The van der Waals surface area contributed by atoms with Gasteiger partial charge in [-0.05, 0) is 30.7 Å². The first kappa shape index (κ1) is 18.7. The average Bonchev–Trinajstić information content (AvgIpc) is 3.35. The Labute approximate surface area is 166 Å². The van der Waals surface area contributed by atoms with Crippen LogP contribution >= 0.6 is 11.6 Å². The lowest BCUT2D eigenvalue weighted by atomic mass is 10.1. The Morgan fingerprint density at radius 3 is 2.75 bits per heavy atom. The van der Waals surface area contributed by atoms with Gasteiger partial charge in [0.05, 0.1) is 29.8 Å². The topological polar surface area (TPSA) is 67.7 Å². The lowest BCUT2D eigenvalue weighted by molar-refractivity contribution is -0.134. The number of benzene rings is 1. The Hall–Kier alpha value is -2.61. The third kappa shape index (κ3) is 3.82. The summed E-state index contributed by atoms with van der Waals surface area (Å²) >= 11 is 5.87. The summed E-state index contributed by atoms with van der Waals surface area (Å²) in [6, 6.07) is 5.43. The van der Waals surface area contributed by atoms with Gasteiger partial charge in [0.2, 0.25) is 5.91 Å². The van der Waals surface area contributed by atoms with E-state index in [1.54, 1.807) is 22.0 Å². The van der Waals surface area contributed by atoms with Crippen molar-refractivity contribution in [2.75, 3.05) is 19.7 Å². The molecular formula is C19H20ClFN4O3. The first-order valence-corrected chi connectivity index (χ1v) is 9.54. The van der Waals surface area contributed by atoms with E-state index in [0.29, 0.717) is 36.8 Å². The van der Waals surface area contributed by atoms with E-state index in [9.17, 15) is 14.0 Å². The second kappa shape index (κ2) is 7.79. The van der Waals surface area contributed by atoms with Crippen LogP contribution in [-0.4, -0.2) is 63.2 Å². The van der Waals surface area contributed by atoms with Gasteiger partial charge in [0.15, 0.2) is 6.61 Å². The summed E-state index contributed by atoms with van der Waals surface area (Å²) < 4.78 is 20.1. The monoisotopic (exact) mass is 406 g/mol. The van der Waals surface area contributed by atoms with Crippen LogP contribution in [0.25, 0.3) is 0 Å². The molecule has 1 aromatic carbocycles. The van der Waals surface area contributed by atoms with Gasteiger partial charge in [-0.1, -0.05) is 11.6 Å². The van der Waals surface area contributed by atoms with E-state index in [0.717, 1.165) is 6.42 Å². The third-order valence-corrected chi connectivity index (χ3v) is 5.48. The molecule has 2 fully saturated rings. The van der Waals surface area contributed by atoms with Crippen LogP contribution in [0, 0.1) is 5.82 Å². The van der Waals surface area contributed by atoms with Gasteiger partial charge >= 0.3 is 0 Å². The molecule has 148 valence electrons. The van der Waals surface area contributed by atoms with E-state index in [1.165, 1.54) is 24.3 Å². The Morgan fingerprint density at radius 2 is 2.04 bits per heavy atom. The second-order valence-corrected chi connectivity index (χ2v) is 7.40. The first-order chi connectivity index (χ1) is 13.5. The Balaban J connectivity index is 1.33. The largest absolute Gasteiger partial charge is 0.484 e. The zero-order chi connectivity index (χ0) is 19.7. The highest BCUT2D eigenvalue weighted by Gasteiger charge is 2.48. The molecule has 0 aliphatic carbocycles. The second-order valence-electron chi connectivity index (χ2n) is 6.97. The van der Waals surface area contributed by atoms with Gasteiger partial charge in [0.25, 0.3) is 5.91 Å². The van der Waals surface area contributed by atoms with Gasteiger partial charge in [-0.2, -0.15) is 5.10 Å². The third-order valence-electron chi connectivity index (χ3n) is 5.28. The van der Waals surface area contributed by atoms with Crippen LogP contribution in [0.15, 0.2) is 36.7 Å². The molecule has 0 unspecified atom stereocenters. The normalized spacial score (nSPS) is 21.3. The fourth-order valence-electron chi connectivity index (χ4n) is 3.96. The van der Waals surface area contributed by atoms with Crippen LogP contribution in [0.5, 0.6) is 5.75 Å². The summed E-state index contributed by atoms with van der Waals surface area (Å²) in [7, 11) is 0. The van der Waals surface area contributed by atoms with E-state index in [2.05, 4.69) is 5.10 Å². The number of hydrogen-bond donors (Lipinski definition) is 0. The van der Waals surface area contributed by atoms with Crippen molar-refractivity contribution >= 4 is 23.4 Å². The Bertz CT molecular complexity index is 872. The van der Waals surface area contributed by atoms with Crippen molar-refractivity contribution in [3.8, 4) is 5.75 Å². The number of halogens is 2. The maximum Gasteiger partial charge on any atom is 0.260 e. The van der Waals surface area contributed by atoms with Crippen LogP contribution in [0.2, 0.25) is 5.02 Å². The fraction of sp³-hybridized carbons (Fsp3) is 0.421. The molecule has 0 saturated carbocycles. The maximum absolute atomic E-state index is 12.9. The van der Waals surface area contributed by atoms with E-state index < -0.39 is 0 Å². The molecule has 0 radical (unpaired) electrons. The first-order valence-electron chi connectivity index (χ1n) is 9.16. The molecule has 2 amide bonds. The predicted molar refractivity (Wildman–Crippen MR) is 99.4 cm³/mol. The number of fused-ring (bicyclic) bond motifs is 1. The maximum atomic E-state index is 12.9. The summed E-state index contributed by atoms with van der Waals surface area (Å²) in [6.45, 7) is 1.56. The number of carbonyl (C=O) groups is 2. The van der Waals surface area contributed by atoms with Crippen molar-refractivity contribution in [1.82, 2.24) is 19.6 Å². The molecule has 3 heterocycles. The van der Waals surface area contributed by atoms with E-state index >= 15 is 0 Å². The highest BCUT2D eigenvalue weighted by Crippen LogP contribution is 2.32. The Kier molecular flexibility index (Phi) is 5.21. The van der Waals surface area contributed by atoms with Gasteiger partial charge in [0, 0.05) is 25.7 Å². The van der Waals surface area contributed by atoms with Crippen LogP contribution in [0.1, 0.15) is 12.8 Å². The summed E-state index contributed by atoms with van der Waals surface area (Å²) in [5, 5.41) is 4.69. The van der Waals surface area contributed by atoms with Gasteiger partial charge in [-0.3, -0.25) is 14.3 Å². The average molecular weight is 407 g/mol. The fourth-order valence-corrected chi connectivity index (χ4v) is 4.11. The molecule has 28 heavy (non-hydrogen) atoms. The smallest absolute Gasteiger partial charge is 0.260 e. The number of ether oxygens (including phenoxy) is 1. The van der Waals surface area contributed by atoms with Crippen LogP contribution in [0.3, 0.4) is 0 Å². The summed E-state index contributed by atoms with van der Waals surface area (Å²) in [5.74, 6) is -0.0361. The molecule has 2 aliphatic rings. The molecule has 2 saturated heterocycles. The molecule has 2 aromatic rings. The number of amides is 2. The Morgan fingerprint density at radius 1 is 1.25 bits per heavy atom. The van der Waals surface area contributed by atoms with Crippen molar-refractivity contribution in [2.24, 2.45) is 0 Å². The SMILES string of the molecule is O=C1C[C@H]2[C@H](CCN2C(=O)COc2ccc(F)cc2)N1CCn1cc(Cl)cn1. The lowest BCUT2D eigenvalue weighted by Crippen LogP contribution is -2.42. The molecule has 1 aromatic heterocycles. The van der Waals surface area contributed by atoms with E-state index in [-0.39, 0.29) is 36.3 Å². The zero-order valence-corrected chi connectivity index (χ0v) is 15.9. The highest BCUT2D eigenvalue weighted by atomic mass is 35.5. The molecule has 0 bridgehead atoms. The molecule has 7 nitrogen and oxygen atoms in total. The quantitative estimate of drug-likeness (QED) is 0.735. The minimum atomic E-state index is -0.358. The molecular weight excluding hydrogens is 387 g/mol. The van der Waals surface area contributed by atoms with Crippen LogP contribution in [0.4, 0.5) is 4.39 Å². The summed E-state index contributed by atoms with van der Waals surface area (Å²) in [5.41, 5.74) is 0. The minimum Gasteiger partial charge on any atom is -0.484 e. The number of hydrogen-bond acceptors (Lipinski definition) is 4. The van der Waals surface area contributed by atoms with Crippen molar-refractivity contribution in [2.45, 2.75) is 31.5 Å². The molecule has 9 heteroatoms. The molecule has 2 aliphatic heterocycles. The lowest BCUT2D eigenvalue weighted by Gasteiger charge is -2.25.